The normalized spacial score (nSPS) is 35.1. The molecule has 2 bridgehead atoms. The van der Waals surface area contributed by atoms with Crippen molar-refractivity contribution in [3.63, 3.8) is 0 Å². The Morgan fingerprint density at radius 2 is 1.97 bits per heavy atom. The number of carbonyl (C=O) groups excluding carboxylic acids is 3. The number of likely N-dealkylation sites (tertiary alicyclic amines) is 1. The number of ether oxygens (including phenoxy) is 1. The van der Waals surface area contributed by atoms with Crippen molar-refractivity contribution in [1.29, 1.82) is 0 Å². The number of rotatable bonds is 10. The molecule has 3 heterocycles. The van der Waals surface area contributed by atoms with Crippen LogP contribution in [-0.2, 0) is 19.1 Å². The number of amides is 3. The number of fused-ring (bicyclic) bond motifs is 1. The smallest absolute Gasteiger partial charge is 0.245 e. The van der Waals surface area contributed by atoms with E-state index in [1.807, 2.05) is 6.92 Å². The maximum atomic E-state index is 13.5. The Hall–Kier alpha value is -1.67. The fraction of sp³-hybridized carbons (Fsp3) is 0.857. The zero-order valence-corrected chi connectivity index (χ0v) is 17.8. The van der Waals surface area contributed by atoms with Crippen molar-refractivity contribution in [2.24, 2.45) is 11.8 Å². The highest BCUT2D eigenvalue weighted by molar-refractivity contribution is 5.99. The predicted octanol–water partition coefficient (Wildman–Crippen LogP) is 0.576. The summed E-state index contributed by atoms with van der Waals surface area (Å²) < 4.78 is 6.57. The van der Waals surface area contributed by atoms with Crippen molar-refractivity contribution in [1.82, 2.24) is 15.5 Å². The van der Waals surface area contributed by atoms with Crippen LogP contribution in [0.4, 0.5) is 0 Å². The Bertz CT molecular complexity index is 656. The van der Waals surface area contributed by atoms with Crippen LogP contribution in [-0.4, -0.2) is 71.7 Å². The van der Waals surface area contributed by atoms with Gasteiger partial charge in [0, 0.05) is 26.7 Å². The lowest BCUT2D eigenvalue weighted by Crippen LogP contribution is -2.55. The lowest BCUT2D eigenvalue weighted by atomic mass is 9.65. The van der Waals surface area contributed by atoms with E-state index in [1.54, 1.807) is 11.9 Å². The second-order valence-corrected chi connectivity index (χ2v) is 8.55. The molecular weight excluding hydrogens is 374 g/mol. The molecule has 5 atom stereocenters. The third kappa shape index (κ3) is 3.34. The maximum Gasteiger partial charge on any atom is 0.245 e. The van der Waals surface area contributed by atoms with Crippen molar-refractivity contribution in [2.75, 3.05) is 26.7 Å². The van der Waals surface area contributed by atoms with Gasteiger partial charge in [-0.1, -0.05) is 20.3 Å². The van der Waals surface area contributed by atoms with E-state index < -0.39 is 29.1 Å². The van der Waals surface area contributed by atoms with E-state index in [2.05, 4.69) is 17.6 Å². The van der Waals surface area contributed by atoms with Crippen molar-refractivity contribution in [3.05, 3.63) is 0 Å². The first-order valence-corrected chi connectivity index (χ1v) is 11.0. The number of aliphatic hydroxyl groups excluding tert-OH is 1. The number of aliphatic hydroxyl groups is 1. The Kier molecular flexibility index (Phi) is 6.53. The van der Waals surface area contributed by atoms with Crippen LogP contribution in [0, 0.1) is 11.8 Å². The van der Waals surface area contributed by atoms with Crippen molar-refractivity contribution in [2.45, 2.75) is 76.0 Å². The van der Waals surface area contributed by atoms with Crippen LogP contribution < -0.4 is 10.6 Å². The molecule has 1 spiro atoms. The highest BCUT2D eigenvalue weighted by Gasteiger charge is 2.78. The van der Waals surface area contributed by atoms with Crippen LogP contribution in [0.5, 0.6) is 0 Å². The van der Waals surface area contributed by atoms with Gasteiger partial charge < -0.3 is 25.4 Å². The lowest BCUT2D eigenvalue weighted by molar-refractivity contribution is -0.147. The molecular formula is C21H35N3O5. The van der Waals surface area contributed by atoms with Crippen molar-refractivity contribution in [3.8, 4) is 0 Å². The van der Waals surface area contributed by atoms with E-state index in [4.69, 9.17) is 9.84 Å². The van der Waals surface area contributed by atoms with Crippen molar-refractivity contribution >= 4 is 17.7 Å². The summed E-state index contributed by atoms with van der Waals surface area (Å²) in [5.41, 5.74) is -1.63. The summed E-state index contributed by atoms with van der Waals surface area (Å²) in [5.74, 6) is -1.75. The molecule has 3 saturated heterocycles. The number of nitrogens with one attached hydrogen (secondary N) is 2. The van der Waals surface area contributed by atoms with E-state index in [1.165, 1.54) is 0 Å². The second-order valence-electron chi connectivity index (χ2n) is 8.55. The van der Waals surface area contributed by atoms with Gasteiger partial charge in [0.2, 0.25) is 17.7 Å². The van der Waals surface area contributed by atoms with Crippen LogP contribution in [0.15, 0.2) is 0 Å². The minimum atomic E-state index is -0.945. The molecule has 0 radical (unpaired) electrons. The third-order valence-corrected chi connectivity index (χ3v) is 7.09. The van der Waals surface area contributed by atoms with E-state index in [9.17, 15) is 14.4 Å². The molecule has 0 aromatic heterocycles. The number of hydrogen-bond acceptors (Lipinski definition) is 5. The van der Waals surface area contributed by atoms with Gasteiger partial charge in [0.25, 0.3) is 0 Å². The predicted molar refractivity (Wildman–Crippen MR) is 107 cm³/mol. The summed E-state index contributed by atoms with van der Waals surface area (Å²) in [7, 11) is 1.58. The molecule has 3 fully saturated rings. The summed E-state index contributed by atoms with van der Waals surface area (Å²) >= 11 is 0. The van der Waals surface area contributed by atoms with Gasteiger partial charge in [-0.15, -0.1) is 0 Å². The SMILES string of the molecule is CCCCNC(=O)C1N(CCCCO)C(=O)[C@@H]2[C@@H](C(=O)NC)[C@@]3(CC)CCC12O3. The quantitative estimate of drug-likeness (QED) is 0.458. The fourth-order valence-electron chi connectivity index (χ4n) is 5.69. The Balaban J connectivity index is 1.97. The first-order chi connectivity index (χ1) is 13.9. The molecule has 3 aliphatic rings. The Morgan fingerprint density at radius 1 is 1.21 bits per heavy atom. The molecule has 29 heavy (non-hydrogen) atoms. The minimum absolute atomic E-state index is 0.0419. The van der Waals surface area contributed by atoms with Crippen LogP contribution >= 0.6 is 0 Å². The molecule has 0 aromatic rings. The highest BCUT2D eigenvalue weighted by atomic mass is 16.5. The highest BCUT2D eigenvalue weighted by Crippen LogP contribution is 2.64. The molecule has 3 amide bonds. The van der Waals surface area contributed by atoms with Crippen molar-refractivity contribution < 1.29 is 24.2 Å². The van der Waals surface area contributed by atoms with Crippen LogP contribution in [0.3, 0.4) is 0 Å². The Labute approximate surface area is 172 Å². The van der Waals surface area contributed by atoms with E-state index in [-0.39, 0.29) is 24.3 Å². The summed E-state index contributed by atoms with van der Waals surface area (Å²) in [6.45, 7) is 5.02. The van der Waals surface area contributed by atoms with Gasteiger partial charge in [0.15, 0.2) is 0 Å². The standard InChI is InChI=1S/C21H35N3O5/c1-4-6-11-23-18(27)16-21-10-9-20(5-2,29-21)14(17(26)22-3)15(21)19(28)24(16)12-7-8-13-25/h14-16,25H,4-13H2,1-3H3,(H,22,26)(H,23,27)/t14-,15-,16?,20+,21?/m0/s1. The molecule has 2 unspecified atom stereocenters. The molecule has 0 saturated carbocycles. The molecule has 8 heteroatoms. The molecule has 3 aliphatic heterocycles. The fourth-order valence-corrected chi connectivity index (χ4v) is 5.69. The monoisotopic (exact) mass is 409 g/mol. The summed E-state index contributed by atoms with van der Waals surface area (Å²) in [4.78, 5) is 41.2. The van der Waals surface area contributed by atoms with Gasteiger partial charge >= 0.3 is 0 Å². The largest absolute Gasteiger partial charge is 0.396 e. The molecule has 0 aliphatic carbocycles. The van der Waals surface area contributed by atoms with Gasteiger partial charge in [-0.2, -0.15) is 0 Å². The molecule has 3 rings (SSSR count). The molecule has 164 valence electrons. The van der Waals surface area contributed by atoms with Crippen LogP contribution in [0.1, 0.15) is 58.8 Å². The first-order valence-electron chi connectivity index (χ1n) is 11.0. The van der Waals surface area contributed by atoms with E-state index in [0.717, 1.165) is 12.8 Å². The van der Waals surface area contributed by atoms with Gasteiger partial charge in [-0.25, -0.2) is 0 Å². The Morgan fingerprint density at radius 3 is 2.59 bits per heavy atom. The minimum Gasteiger partial charge on any atom is -0.396 e. The number of hydrogen-bond donors (Lipinski definition) is 3. The van der Waals surface area contributed by atoms with Gasteiger partial charge in [0.05, 0.1) is 17.4 Å². The number of unbranched alkanes of at least 4 members (excludes halogenated alkanes) is 2. The number of carbonyl (C=O) groups is 3. The summed E-state index contributed by atoms with van der Waals surface area (Å²) in [6.07, 6.45) is 4.91. The van der Waals surface area contributed by atoms with Gasteiger partial charge in [0.1, 0.15) is 11.6 Å². The molecule has 3 N–H and O–H groups in total. The van der Waals surface area contributed by atoms with Gasteiger partial charge in [-0.05, 0) is 38.5 Å². The maximum absolute atomic E-state index is 13.5. The lowest BCUT2D eigenvalue weighted by Gasteiger charge is -2.33. The van der Waals surface area contributed by atoms with Crippen LogP contribution in [0.2, 0.25) is 0 Å². The summed E-state index contributed by atoms with van der Waals surface area (Å²) in [5, 5.41) is 14.8. The first kappa shape index (κ1) is 22.0. The third-order valence-electron chi connectivity index (χ3n) is 7.09. The zero-order chi connectivity index (χ0) is 21.2. The number of nitrogens with zero attached hydrogens (tertiary/aromatic N) is 1. The summed E-state index contributed by atoms with van der Waals surface area (Å²) in [6, 6.07) is -0.723. The van der Waals surface area contributed by atoms with Gasteiger partial charge in [-0.3, -0.25) is 14.4 Å². The topological polar surface area (TPSA) is 108 Å². The van der Waals surface area contributed by atoms with E-state index in [0.29, 0.717) is 45.2 Å². The second kappa shape index (κ2) is 8.60. The zero-order valence-electron chi connectivity index (χ0n) is 17.8. The van der Waals surface area contributed by atoms with Crippen LogP contribution in [0.25, 0.3) is 0 Å². The van der Waals surface area contributed by atoms with E-state index >= 15 is 0 Å². The average molecular weight is 410 g/mol. The molecule has 0 aromatic carbocycles. The average Bonchev–Trinajstić information content (AvgIpc) is 3.32. The molecule has 8 nitrogen and oxygen atoms in total.